The molecule has 3 aromatic rings. The molecule has 3 rings (SSSR count). The number of fused-ring (bicyclic) bond motifs is 1. The van der Waals surface area contributed by atoms with Crippen LogP contribution in [0.2, 0.25) is 0 Å². The number of hydrogen-bond donors (Lipinski definition) is 1. The van der Waals surface area contributed by atoms with Crippen LogP contribution in [0.1, 0.15) is 11.1 Å². The zero-order chi connectivity index (χ0) is 15.9. The fourth-order valence-corrected chi connectivity index (χ4v) is 2.23. The Morgan fingerprint density at radius 1 is 1.09 bits per heavy atom. The first-order chi connectivity index (χ1) is 11.3. The molecule has 0 aliphatic heterocycles. The van der Waals surface area contributed by atoms with Gasteiger partial charge in [-0.3, -0.25) is 0 Å². The molecule has 0 fully saturated rings. The van der Waals surface area contributed by atoms with Crippen LogP contribution in [0.5, 0.6) is 0 Å². The van der Waals surface area contributed by atoms with Crippen LogP contribution in [0.25, 0.3) is 17.0 Å². The fourth-order valence-electron chi connectivity index (χ4n) is 2.23. The molecule has 4 heteroatoms. The highest BCUT2D eigenvalue weighted by Crippen LogP contribution is 2.21. The van der Waals surface area contributed by atoms with Crippen LogP contribution in [0.15, 0.2) is 71.4 Å². The first-order valence-electron chi connectivity index (χ1n) is 7.40. The molecule has 1 aromatic heterocycles. The number of carbonyl (C=O) groups is 1. The van der Waals surface area contributed by atoms with Crippen LogP contribution in [-0.2, 0) is 11.3 Å². The van der Waals surface area contributed by atoms with E-state index in [1.165, 1.54) is 0 Å². The summed E-state index contributed by atoms with van der Waals surface area (Å²) in [5.41, 5.74) is 2.80. The summed E-state index contributed by atoms with van der Waals surface area (Å²) >= 11 is 0. The molecule has 0 radical (unpaired) electrons. The second-order valence-corrected chi connectivity index (χ2v) is 5.03. The lowest BCUT2D eigenvalue weighted by Gasteiger charge is -2.05. The number of amides is 1. The molecule has 4 nitrogen and oxygen atoms in total. The van der Waals surface area contributed by atoms with Crippen molar-refractivity contribution in [1.29, 1.82) is 0 Å². The molecule has 0 saturated carbocycles. The predicted molar refractivity (Wildman–Crippen MR) is 89.9 cm³/mol. The van der Waals surface area contributed by atoms with Gasteiger partial charge >= 0.3 is 6.09 Å². The van der Waals surface area contributed by atoms with Crippen molar-refractivity contribution in [1.82, 2.24) is 5.32 Å². The Morgan fingerprint density at radius 2 is 1.87 bits per heavy atom. The Hall–Kier alpha value is -3.01. The zero-order valence-corrected chi connectivity index (χ0v) is 12.6. The Labute approximate surface area is 134 Å². The van der Waals surface area contributed by atoms with Gasteiger partial charge in [-0.25, -0.2) is 4.79 Å². The number of alkyl carbamates (subject to hydrolysis) is 1. The van der Waals surface area contributed by atoms with Gasteiger partial charge in [-0.05, 0) is 11.6 Å². The Morgan fingerprint density at radius 3 is 2.74 bits per heavy atom. The zero-order valence-electron chi connectivity index (χ0n) is 12.6. The van der Waals surface area contributed by atoms with Gasteiger partial charge < -0.3 is 14.5 Å². The van der Waals surface area contributed by atoms with Gasteiger partial charge in [0.05, 0.1) is 6.26 Å². The Kier molecular flexibility index (Phi) is 4.74. The predicted octanol–water partition coefficient (Wildman–Crippen LogP) is 4.37. The highest BCUT2D eigenvalue weighted by atomic mass is 16.5. The summed E-state index contributed by atoms with van der Waals surface area (Å²) in [5, 5.41) is 3.74. The largest absolute Gasteiger partial charge is 0.464 e. The monoisotopic (exact) mass is 307 g/mol. The normalized spacial score (nSPS) is 11.0. The Bertz CT molecular complexity index is 806. The van der Waals surface area contributed by atoms with Crippen molar-refractivity contribution in [2.24, 2.45) is 0 Å². The molecule has 2 aromatic carbocycles. The van der Waals surface area contributed by atoms with E-state index in [0.717, 1.165) is 22.1 Å². The number of benzene rings is 2. The van der Waals surface area contributed by atoms with E-state index < -0.39 is 6.09 Å². The molecule has 1 N–H and O–H groups in total. The van der Waals surface area contributed by atoms with Gasteiger partial charge in [0.25, 0.3) is 0 Å². The number of hydrogen-bond acceptors (Lipinski definition) is 3. The van der Waals surface area contributed by atoms with E-state index in [4.69, 9.17) is 9.15 Å². The van der Waals surface area contributed by atoms with Gasteiger partial charge in [-0.1, -0.05) is 60.7 Å². The minimum Gasteiger partial charge on any atom is -0.464 e. The van der Waals surface area contributed by atoms with Crippen molar-refractivity contribution >= 4 is 23.1 Å². The smallest absolute Gasteiger partial charge is 0.407 e. The van der Waals surface area contributed by atoms with Crippen LogP contribution in [0.3, 0.4) is 0 Å². The SMILES string of the molecule is O=C(NCC=Cc1coc2ccccc12)OCc1ccccc1. The van der Waals surface area contributed by atoms with Crippen molar-refractivity contribution < 1.29 is 13.9 Å². The first kappa shape index (κ1) is 14.9. The molecule has 1 amide bonds. The molecular weight excluding hydrogens is 290 g/mol. The standard InChI is InChI=1S/C19H17NO3/c21-19(23-13-15-7-2-1-3-8-15)20-12-6-9-16-14-22-18-11-5-4-10-17(16)18/h1-11,14H,12-13H2,(H,20,21). The molecule has 0 atom stereocenters. The molecule has 0 saturated heterocycles. The van der Waals surface area contributed by atoms with Crippen LogP contribution >= 0.6 is 0 Å². The summed E-state index contributed by atoms with van der Waals surface area (Å²) < 4.78 is 10.6. The van der Waals surface area contributed by atoms with Gasteiger partial charge in [-0.15, -0.1) is 0 Å². The molecule has 0 spiro atoms. The van der Waals surface area contributed by atoms with Gasteiger partial charge in [-0.2, -0.15) is 0 Å². The maximum Gasteiger partial charge on any atom is 0.407 e. The fraction of sp³-hybridized carbons (Fsp3) is 0.105. The molecule has 1 heterocycles. The average molecular weight is 307 g/mol. The summed E-state index contributed by atoms with van der Waals surface area (Å²) in [4.78, 5) is 11.6. The van der Waals surface area contributed by atoms with Crippen molar-refractivity contribution in [3.63, 3.8) is 0 Å². The van der Waals surface area contributed by atoms with E-state index >= 15 is 0 Å². The van der Waals surface area contributed by atoms with Crippen LogP contribution in [0, 0.1) is 0 Å². The molecule has 0 bridgehead atoms. The topological polar surface area (TPSA) is 51.5 Å². The summed E-state index contributed by atoms with van der Waals surface area (Å²) in [7, 11) is 0. The van der Waals surface area contributed by atoms with E-state index in [1.54, 1.807) is 6.26 Å². The number of nitrogens with one attached hydrogen (secondary N) is 1. The molecule has 116 valence electrons. The second-order valence-electron chi connectivity index (χ2n) is 5.03. The molecular formula is C19H17NO3. The minimum absolute atomic E-state index is 0.267. The third kappa shape index (κ3) is 4.01. The van der Waals surface area contributed by atoms with Crippen LogP contribution in [-0.4, -0.2) is 12.6 Å². The first-order valence-corrected chi connectivity index (χ1v) is 7.40. The third-order valence-electron chi connectivity index (χ3n) is 3.39. The third-order valence-corrected chi connectivity index (χ3v) is 3.39. The van der Waals surface area contributed by atoms with E-state index in [9.17, 15) is 4.79 Å². The van der Waals surface area contributed by atoms with Gasteiger partial charge in [0.1, 0.15) is 12.2 Å². The van der Waals surface area contributed by atoms with Gasteiger partial charge in [0.2, 0.25) is 0 Å². The lowest BCUT2D eigenvalue weighted by atomic mass is 10.1. The van der Waals surface area contributed by atoms with Gasteiger partial charge in [0, 0.05) is 17.5 Å². The van der Waals surface area contributed by atoms with Crippen LogP contribution in [0.4, 0.5) is 4.79 Å². The molecule has 0 aliphatic carbocycles. The number of para-hydroxylation sites is 1. The lowest BCUT2D eigenvalue weighted by Crippen LogP contribution is -2.24. The molecule has 0 aliphatic rings. The van der Waals surface area contributed by atoms with Crippen LogP contribution < -0.4 is 5.32 Å². The number of ether oxygens (including phenoxy) is 1. The number of rotatable bonds is 5. The highest BCUT2D eigenvalue weighted by Gasteiger charge is 2.02. The van der Waals surface area contributed by atoms with Crippen molar-refractivity contribution in [2.45, 2.75) is 6.61 Å². The van der Waals surface area contributed by atoms with E-state index in [-0.39, 0.29) is 6.61 Å². The average Bonchev–Trinajstić information content (AvgIpc) is 3.01. The van der Waals surface area contributed by atoms with E-state index in [2.05, 4.69) is 5.32 Å². The summed E-state index contributed by atoms with van der Waals surface area (Å²) in [6, 6.07) is 17.4. The minimum atomic E-state index is -0.435. The summed E-state index contributed by atoms with van der Waals surface area (Å²) in [6.45, 7) is 0.663. The second kappa shape index (κ2) is 7.31. The van der Waals surface area contributed by atoms with Gasteiger partial charge in [0.15, 0.2) is 0 Å². The lowest BCUT2D eigenvalue weighted by molar-refractivity contribution is 0.141. The quantitative estimate of drug-likeness (QED) is 0.761. The van der Waals surface area contributed by atoms with Crippen molar-refractivity contribution in [3.05, 3.63) is 78.1 Å². The maximum absolute atomic E-state index is 11.6. The number of carbonyl (C=O) groups excluding carboxylic acids is 1. The molecule has 0 unspecified atom stereocenters. The van der Waals surface area contributed by atoms with Crippen molar-refractivity contribution in [3.8, 4) is 0 Å². The highest BCUT2D eigenvalue weighted by molar-refractivity contribution is 5.86. The van der Waals surface area contributed by atoms with Crippen molar-refractivity contribution in [2.75, 3.05) is 6.54 Å². The maximum atomic E-state index is 11.6. The Balaban J connectivity index is 1.46. The number of furan rings is 1. The van der Waals surface area contributed by atoms with E-state index in [0.29, 0.717) is 6.54 Å². The molecule has 23 heavy (non-hydrogen) atoms. The summed E-state index contributed by atoms with van der Waals surface area (Å²) in [5.74, 6) is 0. The van der Waals surface area contributed by atoms with E-state index in [1.807, 2.05) is 66.7 Å². The summed E-state index contributed by atoms with van der Waals surface area (Å²) in [6.07, 6.45) is 5.05.